The number of hydrogen-bond acceptors (Lipinski definition) is 6. The quantitative estimate of drug-likeness (QED) is 0.461. The van der Waals surface area contributed by atoms with Gasteiger partial charge >= 0.3 is 0 Å². The fourth-order valence-corrected chi connectivity index (χ4v) is 4.80. The summed E-state index contributed by atoms with van der Waals surface area (Å²) in [6.45, 7) is 0. The SMILES string of the molecule is N#CC(c1nc2ccccc2s1)C(c1ccc(-c2ccccc2F)o1)N1NC(=O)CC1=N. The number of carbonyl (C=O) groups is 1. The smallest absolute Gasteiger partial charge is 0.246 e. The molecule has 2 atom stereocenters. The predicted octanol–water partition coefficient (Wildman–Crippen LogP) is 4.76. The zero-order valence-corrected chi connectivity index (χ0v) is 17.4. The number of thiazole rings is 1. The van der Waals surface area contributed by atoms with Gasteiger partial charge in [0.15, 0.2) is 0 Å². The molecule has 0 spiro atoms. The number of amides is 1. The van der Waals surface area contributed by atoms with Crippen LogP contribution in [0.5, 0.6) is 0 Å². The molecular formula is C23H16FN5O2S. The molecule has 4 aromatic rings. The molecule has 0 radical (unpaired) electrons. The van der Waals surface area contributed by atoms with Gasteiger partial charge in [0, 0.05) is 0 Å². The summed E-state index contributed by atoms with van der Waals surface area (Å²) in [5.41, 5.74) is 3.69. The second-order valence-corrected chi connectivity index (χ2v) is 8.34. The van der Waals surface area contributed by atoms with E-state index in [1.165, 1.54) is 22.4 Å². The number of nitrogens with one attached hydrogen (secondary N) is 2. The number of amidine groups is 1. The minimum atomic E-state index is -0.847. The van der Waals surface area contributed by atoms with E-state index in [-0.39, 0.29) is 23.7 Å². The van der Waals surface area contributed by atoms with E-state index < -0.39 is 17.8 Å². The van der Waals surface area contributed by atoms with Crippen LogP contribution in [0.15, 0.2) is 65.1 Å². The van der Waals surface area contributed by atoms with Gasteiger partial charge in [-0.1, -0.05) is 24.3 Å². The van der Waals surface area contributed by atoms with E-state index in [1.54, 1.807) is 30.3 Å². The molecule has 158 valence electrons. The molecule has 3 heterocycles. The van der Waals surface area contributed by atoms with Crippen LogP contribution in [0.25, 0.3) is 21.5 Å². The largest absolute Gasteiger partial charge is 0.459 e. The van der Waals surface area contributed by atoms with Gasteiger partial charge in [0.2, 0.25) is 5.91 Å². The van der Waals surface area contributed by atoms with Crippen molar-refractivity contribution in [2.45, 2.75) is 18.4 Å². The molecule has 1 aliphatic heterocycles. The van der Waals surface area contributed by atoms with Crippen LogP contribution in [0, 0.1) is 22.6 Å². The molecule has 0 bridgehead atoms. The van der Waals surface area contributed by atoms with Crippen LogP contribution < -0.4 is 5.43 Å². The lowest BCUT2D eigenvalue weighted by Crippen LogP contribution is -2.41. The first-order chi connectivity index (χ1) is 15.5. The molecule has 1 aliphatic rings. The van der Waals surface area contributed by atoms with Gasteiger partial charge in [-0.2, -0.15) is 5.26 Å². The Morgan fingerprint density at radius 1 is 1.19 bits per heavy atom. The van der Waals surface area contributed by atoms with Crippen molar-refractivity contribution in [3.05, 3.63) is 77.2 Å². The highest BCUT2D eigenvalue weighted by Gasteiger charge is 2.40. The zero-order chi connectivity index (χ0) is 22.2. The van der Waals surface area contributed by atoms with Crippen LogP contribution in [-0.4, -0.2) is 21.7 Å². The van der Waals surface area contributed by atoms with Gasteiger partial charge < -0.3 is 4.42 Å². The molecule has 2 unspecified atom stereocenters. The summed E-state index contributed by atoms with van der Waals surface area (Å²) in [4.78, 5) is 16.6. The lowest BCUT2D eigenvalue weighted by atomic mass is 9.99. The molecule has 7 nitrogen and oxygen atoms in total. The van der Waals surface area contributed by atoms with Crippen molar-refractivity contribution >= 4 is 33.3 Å². The highest BCUT2D eigenvalue weighted by atomic mass is 32.1. The van der Waals surface area contributed by atoms with E-state index in [4.69, 9.17) is 9.83 Å². The van der Waals surface area contributed by atoms with Gasteiger partial charge in [0.1, 0.15) is 40.1 Å². The van der Waals surface area contributed by atoms with E-state index in [0.717, 1.165) is 10.2 Å². The maximum atomic E-state index is 14.3. The number of nitriles is 1. The summed E-state index contributed by atoms with van der Waals surface area (Å²) in [5, 5.41) is 20.3. The normalized spacial score (nSPS) is 15.6. The summed E-state index contributed by atoms with van der Waals surface area (Å²) in [6.07, 6.45) is -0.102. The number of halogens is 1. The fraction of sp³-hybridized carbons (Fsp3) is 0.130. The molecule has 5 rings (SSSR count). The number of aromatic nitrogens is 1. The summed E-state index contributed by atoms with van der Waals surface area (Å²) in [6, 6.07) is 18.5. The molecule has 2 aromatic heterocycles. The Balaban J connectivity index is 1.61. The fourth-order valence-electron chi connectivity index (χ4n) is 3.76. The van der Waals surface area contributed by atoms with Gasteiger partial charge in [0.05, 0.1) is 28.3 Å². The first kappa shape index (κ1) is 19.9. The molecule has 1 saturated heterocycles. The molecule has 1 amide bonds. The first-order valence-corrected chi connectivity index (χ1v) is 10.6. The summed E-state index contributed by atoms with van der Waals surface area (Å²) >= 11 is 1.37. The number of benzene rings is 2. The average Bonchev–Trinajstić information content (AvgIpc) is 3.50. The van der Waals surface area contributed by atoms with Crippen molar-refractivity contribution in [3.63, 3.8) is 0 Å². The Morgan fingerprint density at radius 2 is 1.97 bits per heavy atom. The maximum Gasteiger partial charge on any atom is 0.246 e. The lowest BCUT2D eigenvalue weighted by Gasteiger charge is -2.29. The molecular weight excluding hydrogens is 429 g/mol. The van der Waals surface area contributed by atoms with Gasteiger partial charge in [-0.25, -0.2) is 9.37 Å². The Labute approximate surface area is 186 Å². The van der Waals surface area contributed by atoms with Crippen LogP contribution in [0.2, 0.25) is 0 Å². The molecule has 0 aliphatic carbocycles. The second kappa shape index (κ2) is 7.90. The van der Waals surface area contributed by atoms with Crippen LogP contribution in [0.3, 0.4) is 0 Å². The Morgan fingerprint density at radius 3 is 2.69 bits per heavy atom. The average molecular weight is 445 g/mol. The van der Waals surface area contributed by atoms with Crippen LogP contribution in [0.4, 0.5) is 4.39 Å². The summed E-state index contributed by atoms with van der Waals surface area (Å²) < 4.78 is 21.2. The van der Waals surface area contributed by atoms with Crippen molar-refractivity contribution < 1.29 is 13.6 Å². The lowest BCUT2D eigenvalue weighted by molar-refractivity contribution is -0.121. The highest BCUT2D eigenvalue weighted by molar-refractivity contribution is 7.18. The van der Waals surface area contributed by atoms with Gasteiger partial charge in [-0.05, 0) is 36.4 Å². The molecule has 2 N–H and O–H groups in total. The van der Waals surface area contributed by atoms with Gasteiger partial charge in [-0.3, -0.25) is 20.6 Å². The van der Waals surface area contributed by atoms with E-state index >= 15 is 0 Å². The zero-order valence-electron chi connectivity index (χ0n) is 16.6. The van der Waals surface area contributed by atoms with Crippen LogP contribution in [-0.2, 0) is 4.79 Å². The summed E-state index contributed by atoms with van der Waals surface area (Å²) in [5.74, 6) is -0.991. The second-order valence-electron chi connectivity index (χ2n) is 7.28. The maximum absolute atomic E-state index is 14.3. The van der Waals surface area contributed by atoms with E-state index in [9.17, 15) is 14.4 Å². The molecule has 9 heteroatoms. The predicted molar refractivity (Wildman–Crippen MR) is 117 cm³/mol. The number of para-hydroxylation sites is 1. The van der Waals surface area contributed by atoms with Crippen molar-refractivity contribution in [2.75, 3.05) is 0 Å². The molecule has 32 heavy (non-hydrogen) atoms. The first-order valence-electron chi connectivity index (χ1n) is 9.81. The molecule has 2 aromatic carbocycles. The number of nitrogens with zero attached hydrogens (tertiary/aromatic N) is 3. The van der Waals surface area contributed by atoms with Crippen molar-refractivity contribution in [3.8, 4) is 17.4 Å². The van der Waals surface area contributed by atoms with E-state index in [0.29, 0.717) is 16.5 Å². The van der Waals surface area contributed by atoms with E-state index in [1.807, 2.05) is 24.3 Å². The van der Waals surface area contributed by atoms with Crippen molar-refractivity contribution in [1.82, 2.24) is 15.4 Å². The highest BCUT2D eigenvalue weighted by Crippen LogP contribution is 2.41. The number of carbonyl (C=O) groups excluding carboxylic acids is 1. The third kappa shape index (κ3) is 3.40. The minimum Gasteiger partial charge on any atom is -0.459 e. The minimum absolute atomic E-state index is 0.0187. The van der Waals surface area contributed by atoms with E-state index in [2.05, 4.69) is 16.5 Å². The van der Waals surface area contributed by atoms with Crippen molar-refractivity contribution in [2.24, 2.45) is 0 Å². The topological polar surface area (TPSA) is 106 Å². The molecule has 0 saturated carbocycles. The number of fused-ring (bicyclic) bond motifs is 1. The Kier molecular flexibility index (Phi) is 4.92. The van der Waals surface area contributed by atoms with Crippen molar-refractivity contribution in [1.29, 1.82) is 10.7 Å². The number of rotatable bonds is 5. The standard InChI is InChI=1S/C23H16FN5O2S/c24-15-6-2-1-5-13(15)17-9-10-18(31-17)22(29-20(26)11-21(30)28-29)14(12-25)23-27-16-7-3-4-8-19(16)32-23/h1-10,14,22,26H,11H2,(H,28,30). The van der Waals surface area contributed by atoms with Gasteiger partial charge in [0.25, 0.3) is 0 Å². The molecule has 1 fully saturated rings. The van der Waals surface area contributed by atoms with Gasteiger partial charge in [-0.15, -0.1) is 11.3 Å². The number of furan rings is 1. The summed E-state index contributed by atoms with van der Waals surface area (Å²) in [7, 11) is 0. The number of hydrogen-bond donors (Lipinski definition) is 2. The third-order valence-electron chi connectivity index (χ3n) is 5.23. The monoisotopic (exact) mass is 445 g/mol. The Hall–Kier alpha value is -4.03. The van der Waals surface area contributed by atoms with Crippen LogP contribution in [0.1, 0.15) is 29.1 Å². The van der Waals surface area contributed by atoms with Crippen LogP contribution >= 0.6 is 11.3 Å². The number of hydrazine groups is 1. The third-order valence-corrected chi connectivity index (χ3v) is 6.35. The Bertz CT molecular complexity index is 1360.